The van der Waals surface area contributed by atoms with E-state index < -0.39 is 5.54 Å². The van der Waals surface area contributed by atoms with Crippen LogP contribution < -0.4 is 5.73 Å². The van der Waals surface area contributed by atoms with Gasteiger partial charge >= 0.3 is 0 Å². The van der Waals surface area contributed by atoms with Gasteiger partial charge in [0.05, 0.1) is 6.07 Å². The van der Waals surface area contributed by atoms with Gasteiger partial charge in [-0.2, -0.15) is 5.26 Å². The van der Waals surface area contributed by atoms with Crippen molar-refractivity contribution in [2.24, 2.45) is 5.73 Å². The smallest absolute Gasteiger partial charge is 0.101 e. The highest BCUT2D eigenvalue weighted by molar-refractivity contribution is 5.00. The largest absolute Gasteiger partial charge is 0.314 e. The van der Waals surface area contributed by atoms with Crippen LogP contribution in [0.5, 0.6) is 0 Å². The highest BCUT2D eigenvalue weighted by Gasteiger charge is 2.16. The first-order valence-corrected chi connectivity index (χ1v) is 6.37. The molecule has 1 unspecified atom stereocenters. The van der Waals surface area contributed by atoms with Crippen molar-refractivity contribution in [1.82, 2.24) is 4.90 Å². The molecule has 3 nitrogen and oxygen atoms in total. The molecule has 0 amide bonds. The zero-order valence-electron chi connectivity index (χ0n) is 11.3. The normalized spacial score (nSPS) is 15.1. The molecule has 1 atom stereocenters. The average Bonchev–Trinajstić information content (AvgIpc) is 2.26. The molecule has 94 valence electrons. The van der Waals surface area contributed by atoms with E-state index in [9.17, 15) is 0 Å². The quantitative estimate of drug-likeness (QED) is 0.646. The van der Waals surface area contributed by atoms with Crippen molar-refractivity contribution in [3.05, 3.63) is 0 Å². The van der Waals surface area contributed by atoms with E-state index >= 15 is 0 Å². The lowest BCUT2D eigenvalue weighted by atomic mass is 9.98. The van der Waals surface area contributed by atoms with Crippen molar-refractivity contribution in [2.75, 3.05) is 13.6 Å². The third-order valence-corrected chi connectivity index (χ3v) is 3.28. The van der Waals surface area contributed by atoms with Crippen molar-refractivity contribution in [2.45, 2.75) is 64.5 Å². The van der Waals surface area contributed by atoms with Gasteiger partial charge < -0.3 is 10.6 Å². The van der Waals surface area contributed by atoms with Gasteiger partial charge in [-0.25, -0.2) is 0 Å². The molecule has 0 aromatic heterocycles. The molecule has 0 rings (SSSR count). The molecule has 0 radical (unpaired) electrons. The van der Waals surface area contributed by atoms with E-state index in [0.717, 1.165) is 25.8 Å². The zero-order valence-corrected chi connectivity index (χ0v) is 11.3. The van der Waals surface area contributed by atoms with E-state index in [2.05, 4.69) is 31.9 Å². The number of unbranched alkanes of at least 4 members (excludes halogenated alkanes) is 1. The summed E-state index contributed by atoms with van der Waals surface area (Å²) in [4.78, 5) is 2.42. The van der Waals surface area contributed by atoms with Crippen molar-refractivity contribution in [1.29, 1.82) is 5.26 Å². The second-order valence-corrected chi connectivity index (χ2v) is 4.94. The zero-order chi connectivity index (χ0) is 12.6. The molecule has 0 spiro atoms. The lowest BCUT2D eigenvalue weighted by molar-refractivity contribution is 0.224. The highest BCUT2D eigenvalue weighted by Crippen LogP contribution is 2.11. The van der Waals surface area contributed by atoms with Crippen molar-refractivity contribution < 1.29 is 0 Å². The minimum absolute atomic E-state index is 0.645. The van der Waals surface area contributed by atoms with E-state index in [0.29, 0.717) is 6.04 Å². The Morgan fingerprint density at radius 1 is 1.31 bits per heavy atom. The molecular formula is C13H27N3. The van der Waals surface area contributed by atoms with Gasteiger partial charge in [-0.15, -0.1) is 0 Å². The molecule has 0 saturated heterocycles. The van der Waals surface area contributed by atoms with Crippen LogP contribution in [-0.2, 0) is 0 Å². The van der Waals surface area contributed by atoms with Gasteiger partial charge in [-0.1, -0.05) is 13.8 Å². The van der Waals surface area contributed by atoms with E-state index in [1.807, 2.05) is 0 Å². The summed E-state index contributed by atoms with van der Waals surface area (Å²) in [5.74, 6) is 0. The van der Waals surface area contributed by atoms with Crippen molar-refractivity contribution in [3.8, 4) is 6.07 Å². The monoisotopic (exact) mass is 225 g/mol. The fourth-order valence-electron chi connectivity index (χ4n) is 2.00. The molecule has 0 aliphatic heterocycles. The topological polar surface area (TPSA) is 53.0 Å². The SMILES string of the molecule is CCC(CC)N(C)CCCCC(C)(N)C#N. The molecule has 0 aliphatic rings. The van der Waals surface area contributed by atoms with Crippen LogP contribution in [-0.4, -0.2) is 30.1 Å². The third kappa shape index (κ3) is 6.09. The standard InChI is InChI=1S/C13H27N3/c1-5-12(6-2)16(4)10-8-7-9-13(3,15)11-14/h12H,5-10,15H2,1-4H3. The number of rotatable bonds is 8. The highest BCUT2D eigenvalue weighted by atomic mass is 15.1. The van der Waals surface area contributed by atoms with Gasteiger partial charge in [-0.05, 0) is 52.6 Å². The summed E-state index contributed by atoms with van der Waals surface area (Å²) in [5.41, 5.74) is 5.12. The summed E-state index contributed by atoms with van der Waals surface area (Å²) in [5, 5.41) is 8.78. The minimum Gasteiger partial charge on any atom is -0.314 e. The fraction of sp³-hybridized carbons (Fsp3) is 0.923. The third-order valence-electron chi connectivity index (χ3n) is 3.28. The fourth-order valence-corrected chi connectivity index (χ4v) is 2.00. The molecule has 2 N–H and O–H groups in total. The van der Waals surface area contributed by atoms with E-state index in [-0.39, 0.29) is 0 Å². The molecule has 0 aromatic carbocycles. The Labute approximate surface area is 101 Å². The predicted molar refractivity (Wildman–Crippen MR) is 69.1 cm³/mol. The van der Waals surface area contributed by atoms with Gasteiger partial charge in [0.25, 0.3) is 0 Å². The van der Waals surface area contributed by atoms with E-state index in [1.54, 1.807) is 6.92 Å². The molecular weight excluding hydrogens is 198 g/mol. The van der Waals surface area contributed by atoms with Gasteiger partial charge in [-0.3, -0.25) is 0 Å². The van der Waals surface area contributed by atoms with Gasteiger partial charge in [0.15, 0.2) is 0 Å². The summed E-state index contributed by atoms with van der Waals surface area (Å²) >= 11 is 0. The first kappa shape index (κ1) is 15.4. The molecule has 0 aromatic rings. The number of hydrogen-bond acceptors (Lipinski definition) is 3. The second kappa shape index (κ2) is 7.65. The molecule has 0 heterocycles. The number of nitriles is 1. The number of nitrogens with two attached hydrogens (primary N) is 1. The summed E-state index contributed by atoms with van der Waals surface area (Å²) in [6.07, 6.45) is 5.37. The first-order chi connectivity index (χ1) is 7.46. The average molecular weight is 225 g/mol. The maximum atomic E-state index is 8.78. The van der Waals surface area contributed by atoms with Crippen LogP contribution in [0.15, 0.2) is 0 Å². The van der Waals surface area contributed by atoms with Crippen molar-refractivity contribution >= 4 is 0 Å². The van der Waals surface area contributed by atoms with Crippen LogP contribution in [0.4, 0.5) is 0 Å². The van der Waals surface area contributed by atoms with Crippen LogP contribution >= 0.6 is 0 Å². The maximum Gasteiger partial charge on any atom is 0.101 e. The molecule has 16 heavy (non-hydrogen) atoms. The minimum atomic E-state index is -0.645. The van der Waals surface area contributed by atoms with Gasteiger partial charge in [0.2, 0.25) is 0 Å². The Hall–Kier alpha value is -0.590. The molecule has 0 aliphatic carbocycles. The lowest BCUT2D eigenvalue weighted by Crippen LogP contribution is -2.35. The number of hydrogen-bond donors (Lipinski definition) is 1. The van der Waals surface area contributed by atoms with Crippen LogP contribution in [0.3, 0.4) is 0 Å². The van der Waals surface area contributed by atoms with Crippen molar-refractivity contribution in [3.63, 3.8) is 0 Å². The second-order valence-electron chi connectivity index (χ2n) is 4.94. The van der Waals surface area contributed by atoms with Crippen LogP contribution in [0.25, 0.3) is 0 Å². The summed E-state index contributed by atoms with van der Waals surface area (Å²) in [6.45, 7) is 7.38. The molecule has 3 heteroatoms. The lowest BCUT2D eigenvalue weighted by Gasteiger charge is -2.26. The molecule has 0 bridgehead atoms. The van der Waals surface area contributed by atoms with Gasteiger partial charge in [0, 0.05) is 6.04 Å². The molecule has 0 fully saturated rings. The summed E-state index contributed by atoms with van der Waals surface area (Å²) in [7, 11) is 2.18. The Morgan fingerprint density at radius 3 is 2.31 bits per heavy atom. The van der Waals surface area contributed by atoms with E-state index in [4.69, 9.17) is 11.0 Å². The van der Waals surface area contributed by atoms with Crippen LogP contribution in [0, 0.1) is 11.3 Å². The Morgan fingerprint density at radius 2 is 1.88 bits per heavy atom. The van der Waals surface area contributed by atoms with Crippen LogP contribution in [0.1, 0.15) is 52.9 Å². The Kier molecular flexibility index (Phi) is 7.36. The van der Waals surface area contributed by atoms with Gasteiger partial charge in [0.1, 0.15) is 5.54 Å². The summed E-state index contributed by atoms with van der Waals surface area (Å²) in [6, 6.07) is 2.83. The maximum absolute atomic E-state index is 8.78. The predicted octanol–water partition coefficient (Wildman–Crippen LogP) is 2.52. The Bertz CT molecular complexity index is 214. The Balaban J connectivity index is 3.71. The number of nitrogens with zero attached hydrogens (tertiary/aromatic N) is 2. The summed E-state index contributed by atoms with van der Waals surface area (Å²) < 4.78 is 0. The first-order valence-electron chi connectivity index (χ1n) is 6.37. The van der Waals surface area contributed by atoms with E-state index in [1.165, 1.54) is 12.8 Å². The van der Waals surface area contributed by atoms with Crippen LogP contribution in [0.2, 0.25) is 0 Å². The molecule has 0 saturated carbocycles.